The van der Waals surface area contributed by atoms with E-state index in [0.717, 1.165) is 11.5 Å². The molecule has 1 aliphatic heterocycles. The van der Waals surface area contributed by atoms with Gasteiger partial charge in [0.25, 0.3) is 0 Å². The van der Waals surface area contributed by atoms with E-state index in [-0.39, 0.29) is 0 Å². The lowest BCUT2D eigenvalue weighted by molar-refractivity contribution is 0.460. The standard InChI is InChI=1S/C7H14NP/c1-6-4-7(2-3-7)5-8(6)9/h6H,2-5,9H2,1H3. The van der Waals surface area contributed by atoms with E-state index in [1.165, 1.54) is 25.8 Å². The van der Waals surface area contributed by atoms with Crippen LogP contribution in [0, 0.1) is 5.41 Å². The molecule has 2 unspecified atom stereocenters. The van der Waals surface area contributed by atoms with Gasteiger partial charge in [0.05, 0.1) is 0 Å². The molecule has 52 valence electrons. The van der Waals surface area contributed by atoms with Gasteiger partial charge in [-0.15, -0.1) is 0 Å². The van der Waals surface area contributed by atoms with Gasteiger partial charge in [-0.05, 0) is 31.6 Å². The van der Waals surface area contributed by atoms with E-state index in [2.05, 4.69) is 21.0 Å². The van der Waals surface area contributed by atoms with Gasteiger partial charge in [-0.25, -0.2) is 0 Å². The summed E-state index contributed by atoms with van der Waals surface area (Å²) in [5.41, 5.74) is 0.793. The predicted octanol–water partition coefficient (Wildman–Crippen LogP) is 1.65. The molecule has 0 bridgehead atoms. The van der Waals surface area contributed by atoms with Crippen LogP contribution in [0.3, 0.4) is 0 Å². The van der Waals surface area contributed by atoms with E-state index in [4.69, 9.17) is 0 Å². The molecule has 1 spiro atoms. The molecule has 2 atom stereocenters. The summed E-state index contributed by atoms with van der Waals surface area (Å²) in [7, 11) is 2.83. The van der Waals surface area contributed by atoms with Gasteiger partial charge in [-0.3, -0.25) is 4.67 Å². The van der Waals surface area contributed by atoms with E-state index in [1.807, 2.05) is 0 Å². The number of hydrogen-bond donors (Lipinski definition) is 0. The lowest BCUT2D eigenvalue weighted by Crippen LogP contribution is -2.14. The third-order valence-electron chi connectivity index (χ3n) is 2.77. The van der Waals surface area contributed by atoms with Gasteiger partial charge in [-0.2, -0.15) is 0 Å². The Morgan fingerprint density at radius 2 is 2.22 bits per heavy atom. The van der Waals surface area contributed by atoms with Gasteiger partial charge >= 0.3 is 0 Å². The van der Waals surface area contributed by atoms with Crippen LogP contribution in [0.15, 0.2) is 0 Å². The van der Waals surface area contributed by atoms with E-state index in [0.29, 0.717) is 0 Å². The van der Waals surface area contributed by atoms with Crippen LogP contribution in [0.2, 0.25) is 0 Å². The Kier molecular flexibility index (Phi) is 1.16. The molecule has 0 aromatic heterocycles. The quantitative estimate of drug-likeness (QED) is 0.466. The van der Waals surface area contributed by atoms with Crippen molar-refractivity contribution in [2.75, 3.05) is 6.54 Å². The molecule has 2 rings (SSSR count). The summed E-state index contributed by atoms with van der Waals surface area (Å²) in [6.07, 6.45) is 4.42. The second-order valence-corrected chi connectivity index (χ2v) is 4.39. The number of rotatable bonds is 0. The fourth-order valence-corrected chi connectivity index (χ4v) is 2.38. The Bertz CT molecular complexity index is 119. The maximum atomic E-state index is 2.83. The fraction of sp³-hybridized carbons (Fsp3) is 1.00. The summed E-state index contributed by atoms with van der Waals surface area (Å²) in [6.45, 7) is 3.65. The first-order chi connectivity index (χ1) is 4.22. The zero-order valence-electron chi connectivity index (χ0n) is 5.93. The Hall–Kier alpha value is 0.390. The van der Waals surface area contributed by atoms with Crippen LogP contribution in [0.5, 0.6) is 0 Å². The summed E-state index contributed by atoms with van der Waals surface area (Å²) in [6, 6.07) is 0.817. The summed E-state index contributed by atoms with van der Waals surface area (Å²) in [4.78, 5) is 0. The lowest BCUT2D eigenvalue weighted by atomic mass is 10.0. The molecule has 0 aromatic rings. The molecule has 0 radical (unpaired) electrons. The van der Waals surface area contributed by atoms with Gasteiger partial charge < -0.3 is 0 Å². The van der Waals surface area contributed by atoms with Crippen LogP contribution in [0.1, 0.15) is 26.2 Å². The zero-order chi connectivity index (χ0) is 6.48. The molecule has 9 heavy (non-hydrogen) atoms. The molecule has 1 nitrogen and oxygen atoms in total. The normalized spacial score (nSPS) is 40.0. The Morgan fingerprint density at radius 3 is 2.44 bits per heavy atom. The third kappa shape index (κ3) is 0.911. The monoisotopic (exact) mass is 143 g/mol. The molecule has 0 amide bonds. The van der Waals surface area contributed by atoms with Crippen molar-refractivity contribution in [2.24, 2.45) is 5.41 Å². The third-order valence-corrected chi connectivity index (χ3v) is 3.46. The van der Waals surface area contributed by atoms with E-state index in [1.54, 1.807) is 0 Å². The summed E-state index contributed by atoms with van der Waals surface area (Å²) >= 11 is 0. The topological polar surface area (TPSA) is 3.24 Å². The maximum Gasteiger partial charge on any atom is 0.0107 e. The molecule has 2 heteroatoms. The second-order valence-electron chi connectivity index (χ2n) is 3.73. The van der Waals surface area contributed by atoms with Gasteiger partial charge in [-0.1, -0.05) is 9.39 Å². The number of nitrogens with zero attached hydrogens (tertiary/aromatic N) is 1. The fourth-order valence-electron chi connectivity index (χ4n) is 1.89. The molecule has 2 aliphatic rings. The summed E-state index contributed by atoms with van der Waals surface area (Å²) in [5, 5.41) is 0. The summed E-state index contributed by atoms with van der Waals surface area (Å²) in [5.74, 6) is 0. The van der Waals surface area contributed by atoms with Crippen LogP contribution in [0.25, 0.3) is 0 Å². The highest BCUT2D eigenvalue weighted by Gasteiger charge is 2.49. The molecule has 1 saturated carbocycles. The Labute approximate surface area is 59.1 Å². The van der Waals surface area contributed by atoms with Crippen LogP contribution in [-0.2, 0) is 0 Å². The van der Waals surface area contributed by atoms with Crippen molar-refractivity contribution in [3.63, 3.8) is 0 Å². The largest absolute Gasteiger partial charge is 0.284 e. The molecule has 0 aromatic carbocycles. The van der Waals surface area contributed by atoms with Crippen molar-refractivity contribution in [1.82, 2.24) is 4.67 Å². The molecule has 1 saturated heterocycles. The maximum absolute atomic E-state index is 2.83. The first kappa shape index (κ1) is 6.12. The van der Waals surface area contributed by atoms with E-state index < -0.39 is 0 Å². The van der Waals surface area contributed by atoms with Crippen LogP contribution >= 0.6 is 9.39 Å². The predicted molar refractivity (Wildman–Crippen MR) is 42.2 cm³/mol. The Morgan fingerprint density at radius 1 is 1.56 bits per heavy atom. The van der Waals surface area contributed by atoms with Crippen LogP contribution < -0.4 is 0 Å². The van der Waals surface area contributed by atoms with Crippen LogP contribution in [-0.4, -0.2) is 17.3 Å². The molecule has 2 fully saturated rings. The highest BCUT2D eigenvalue weighted by Crippen LogP contribution is 2.55. The van der Waals surface area contributed by atoms with E-state index in [9.17, 15) is 0 Å². The average Bonchev–Trinajstić information content (AvgIpc) is 2.42. The molecule has 0 N–H and O–H groups in total. The van der Waals surface area contributed by atoms with Crippen molar-refractivity contribution in [2.45, 2.75) is 32.2 Å². The average molecular weight is 143 g/mol. The summed E-state index contributed by atoms with van der Waals surface area (Å²) < 4.78 is 2.41. The smallest absolute Gasteiger partial charge is 0.0107 e. The molecular weight excluding hydrogens is 129 g/mol. The van der Waals surface area contributed by atoms with Gasteiger partial charge in [0.2, 0.25) is 0 Å². The lowest BCUT2D eigenvalue weighted by Gasteiger charge is -2.11. The van der Waals surface area contributed by atoms with Crippen LogP contribution in [0.4, 0.5) is 0 Å². The first-order valence-electron chi connectivity index (χ1n) is 3.73. The second kappa shape index (κ2) is 1.71. The Balaban J connectivity index is 2.06. The minimum absolute atomic E-state index is 0.793. The van der Waals surface area contributed by atoms with Crippen molar-refractivity contribution in [1.29, 1.82) is 0 Å². The van der Waals surface area contributed by atoms with E-state index >= 15 is 0 Å². The minimum Gasteiger partial charge on any atom is -0.284 e. The SMILES string of the molecule is CC1CC2(CC2)CN1P. The van der Waals surface area contributed by atoms with Crippen molar-refractivity contribution in [3.05, 3.63) is 0 Å². The molecular formula is C7H14NP. The van der Waals surface area contributed by atoms with Gasteiger partial charge in [0, 0.05) is 12.6 Å². The van der Waals surface area contributed by atoms with Gasteiger partial charge in [0.15, 0.2) is 0 Å². The minimum atomic E-state index is 0.793. The van der Waals surface area contributed by atoms with Crippen molar-refractivity contribution in [3.8, 4) is 0 Å². The zero-order valence-corrected chi connectivity index (χ0v) is 7.09. The van der Waals surface area contributed by atoms with Gasteiger partial charge in [0.1, 0.15) is 0 Å². The first-order valence-corrected chi connectivity index (χ1v) is 4.25. The van der Waals surface area contributed by atoms with Crippen molar-refractivity contribution >= 4 is 9.39 Å². The molecule has 1 heterocycles. The highest BCUT2D eigenvalue weighted by atomic mass is 31.0. The number of hydrogen-bond acceptors (Lipinski definition) is 1. The highest BCUT2D eigenvalue weighted by molar-refractivity contribution is 7.13. The van der Waals surface area contributed by atoms with Crippen molar-refractivity contribution < 1.29 is 0 Å². The molecule has 1 aliphatic carbocycles.